The summed E-state index contributed by atoms with van der Waals surface area (Å²) in [6.07, 6.45) is 0. The van der Waals surface area contributed by atoms with Crippen molar-refractivity contribution in [3.63, 3.8) is 0 Å². The van der Waals surface area contributed by atoms with Crippen LogP contribution in [0, 0.1) is 0 Å². The maximum atomic E-state index is 10.7. The monoisotopic (exact) mass is 190 g/mol. The lowest BCUT2D eigenvalue weighted by Crippen LogP contribution is -2.35. The summed E-state index contributed by atoms with van der Waals surface area (Å²) in [7, 11) is 5.56. The number of carbonyl (C=O) groups is 1. The maximum absolute atomic E-state index is 10.7. The van der Waals surface area contributed by atoms with E-state index in [4.69, 9.17) is 11.6 Å². The second-order valence-corrected chi connectivity index (χ2v) is 3.11. The van der Waals surface area contributed by atoms with Gasteiger partial charge in [0.05, 0.1) is 0 Å². The summed E-state index contributed by atoms with van der Waals surface area (Å²) in [4.78, 5) is 14.4. The minimum atomic E-state index is -0.557. The van der Waals surface area contributed by atoms with Crippen molar-refractivity contribution in [1.82, 2.24) is 14.8 Å². The van der Waals surface area contributed by atoms with Gasteiger partial charge in [-0.05, 0) is 11.6 Å². The summed E-state index contributed by atoms with van der Waals surface area (Å²) in [6, 6.07) is 0. The van der Waals surface area contributed by atoms with Gasteiger partial charge in [0.25, 0.3) is 0 Å². The molecule has 0 aliphatic carbocycles. The minimum Gasteiger partial charge on any atom is -0.347 e. The van der Waals surface area contributed by atoms with E-state index in [1.54, 1.807) is 0 Å². The Bertz CT molecular complexity index is 228. The quantitative estimate of drug-likeness (QED) is 0.410. The highest BCUT2D eigenvalue weighted by Crippen LogP contribution is 2.09. The number of nitrogens with zero attached hydrogens (tertiary/aromatic N) is 4. The van der Waals surface area contributed by atoms with Crippen LogP contribution in [-0.4, -0.2) is 53.9 Å². The molecule has 1 aliphatic rings. The van der Waals surface area contributed by atoms with Gasteiger partial charge in [0.2, 0.25) is 5.96 Å². The van der Waals surface area contributed by atoms with Gasteiger partial charge in [0, 0.05) is 21.1 Å². The average Bonchev–Trinajstić information content (AvgIpc) is 2.30. The molecule has 0 saturated carbocycles. The van der Waals surface area contributed by atoms with Crippen molar-refractivity contribution in [2.75, 3.05) is 27.8 Å². The van der Waals surface area contributed by atoms with Crippen LogP contribution in [-0.2, 0) is 0 Å². The Morgan fingerprint density at radius 3 is 2.50 bits per heavy atom. The van der Waals surface area contributed by atoms with E-state index in [-0.39, 0.29) is 0 Å². The van der Waals surface area contributed by atoms with E-state index in [1.807, 2.05) is 30.9 Å². The fourth-order valence-electron chi connectivity index (χ4n) is 1.01. The highest BCUT2D eigenvalue weighted by Gasteiger charge is 2.24. The number of halogens is 1. The molecule has 12 heavy (non-hydrogen) atoms. The molecule has 5 nitrogen and oxygen atoms in total. The molecular formula is C6H11ClN4O. The van der Waals surface area contributed by atoms with Gasteiger partial charge in [-0.15, -0.1) is 5.10 Å². The minimum absolute atomic E-state index is 0.413. The largest absolute Gasteiger partial charge is 0.347 e. The molecule has 6 heteroatoms. The fraction of sp³-hybridized carbons (Fsp3) is 0.667. The number of rotatable bonds is 0. The first-order chi connectivity index (χ1) is 5.52. The van der Waals surface area contributed by atoms with E-state index in [0.29, 0.717) is 6.67 Å². The van der Waals surface area contributed by atoms with Gasteiger partial charge in [-0.25, -0.2) is 0 Å². The Morgan fingerprint density at radius 2 is 2.25 bits per heavy atom. The Kier molecular flexibility index (Phi) is 2.42. The molecule has 0 radical (unpaired) electrons. The van der Waals surface area contributed by atoms with Crippen LogP contribution in [0.2, 0.25) is 0 Å². The standard InChI is InChI=1S/C6H11ClN4O/c1-9(2)6-8-11(5(7)12)4-10(6)3/h4H2,1-3H3. The van der Waals surface area contributed by atoms with Gasteiger partial charge in [-0.1, -0.05) is 0 Å². The molecule has 0 N–H and O–H groups in total. The highest BCUT2D eigenvalue weighted by molar-refractivity contribution is 6.62. The third-order valence-corrected chi connectivity index (χ3v) is 1.70. The summed E-state index contributed by atoms with van der Waals surface area (Å²) in [5, 5.41) is 4.64. The molecule has 0 saturated heterocycles. The first-order valence-electron chi connectivity index (χ1n) is 3.46. The van der Waals surface area contributed by atoms with Crippen molar-refractivity contribution >= 4 is 22.9 Å². The molecule has 0 spiro atoms. The van der Waals surface area contributed by atoms with Crippen LogP contribution < -0.4 is 0 Å². The molecule has 0 unspecified atom stereocenters. The lowest BCUT2D eigenvalue weighted by atomic mass is 10.7. The summed E-state index contributed by atoms with van der Waals surface area (Å²) in [5.74, 6) is 0.726. The molecule has 0 bridgehead atoms. The SMILES string of the molecule is CN(C)C1=NN(C(=O)Cl)CN1C. The lowest BCUT2D eigenvalue weighted by molar-refractivity contribution is 0.216. The maximum Gasteiger partial charge on any atom is 0.338 e. The van der Waals surface area contributed by atoms with Gasteiger partial charge in [-0.3, -0.25) is 4.79 Å². The molecule has 1 heterocycles. The van der Waals surface area contributed by atoms with Crippen LogP contribution in [0.5, 0.6) is 0 Å². The van der Waals surface area contributed by atoms with Gasteiger partial charge in [0.1, 0.15) is 6.67 Å². The van der Waals surface area contributed by atoms with E-state index in [1.165, 1.54) is 5.01 Å². The molecule has 0 aromatic rings. The molecule has 0 atom stereocenters. The van der Waals surface area contributed by atoms with E-state index in [0.717, 1.165) is 5.96 Å². The van der Waals surface area contributed by atoms with Crippen LogP contribution in [0.3, 0.4) is 0 Å². The van der Waals surface area contributed by atoms with Crippen LogP contribution in [0.15, 0.2) is 5.10 Å². The molecule has 68 valence electrons. The summed E-state index contributed by atoms with van der Waals surface area (Å²) >= 11 is 5.25. The second kappa shape index (κ2) is 3.18. The van der Waals surface area contributed by atoms with Gasteiger partial charge < -0.3 is 9.80 Å². The van der Waals surface area contributed by atoms with E-state index in [2.05, 4.69) is 5.10 Å². The normalized spacial score (nSPS) is 16.5. The average molecular weight is 191 g/mol. The number of hydrazone groups is 1. The van der Waals surface area contributed by atoms with Crippen LogP contribution in [0.4, 0.5) is 4.79 Å². The summed E-state index contributed by atoms with van der Waals surface area (Å²) in [5.41, 5.74) is 0. The van der Waals surface area contributed by atoms with Crippen molar-refractivity contribution in [2.24, 2.45) is 5.10 Å². The lowest BCUT2D eigenvalue weighted by Gasteiger charge is -2.18. The third-order valence-electron chi connectivity index (χ3n) is 1.50. The van der Waals surface area contributed by atoms with Crippen molar-refractivity contribution < 1.29 is 4.79 Å². The van der Waals surface area contributed by atoms with E-state index >= 15 is 0 Å². The summed E-state index contributed by atoms with van der Waals surface area (Å²) < 4.78 is 0. The molecule has 0 fully saturated rings. The fourth-order valence-corrected chi connectivity index (χ4v) is 1.10. The van der Waals surface area contributed by atoms with Crippen molar-refractivity contribution in [2.45, 2.75) is 0 Å². The zero-order valence-electron chi connectivity index (χ0n) is 7.28. The Morgan fingerprint density at radius 1 is 1.67 bits per heavy atom. The van der Waals surface area contributed by atoms with Gasteiger partial charge in [0.15, 0.2) is 0 Å². The Balaban J connectivity index is 2.74. The zero-order valence-corrected chi connectivity index (χ0v) is 8.04. The smallest absolute Gasteiger partial charge is 0.338 e. The third kappa shape index (κ3) is 1.61. The molecular weight excluding hydrogens is 180 g/mol. The molecule has 1 aliphatic heterocycles. The Hall–Kier alpha value is -0.970. The number of amides is 1. The van der Waals surface area contributed by atoms with E-state index < -0.39 is 5.37 Å². The second-order valence-electron chi connectivity index (χ2n) is 2.79. The van der Waals surface area contributed by atoms with Gasteiger partial charge >= 0.3 is 5.37 Å². The number of hydrogen-bond acceptors (Lipinski definition) is 4. The predicted molar refractivity (Wildman–Crippen MR) is 46.8 cm³/mol. The molecule has 0 aromatic carbocycles. The molecule has 1 rings (SSSR count). The van der Waals surface area contributed by atoms with E-state index in [9.17, 15) is 4.79 Å². The van der Waals surface area contributed by atoms with Crippen molar-refractivity contribution in [3.05, 3.63) is 0 Å². The molecule has 1 amide bonds. The number of carbonyl (C=O) groups excluding carboxylic acids is 1. The highest BCUT2D eigenvalue weighted by atomic mass is 35.5. The number of hydrogen-bond donors (Lipinski definition) is 0. The van der Waals surface area contributed by atoms with Crippen LogP contribution in [0.25, 0.3) is 0 Å². The predicted octanol–water partition coefficient (Wildman–Crippen LogP) is 0.383. The topological polar surface area (TPSA) is 39.1 Å². The first kappa shape index (κ1) is 9.12. The summed E-state index contributed by atoms with van der Waals surface area (Å²) in [6.45, 7) is 0.413. The van der Waals surface area contributed by atoms with Crippen molar-refractivity contribution in [1.29, 1.82) is 0 Å². The van der Waals surface area contributed by atoms with Crippen LogP contribution in [0.1, 0.15) is 0 Å². The van der Waals surface area contributed by atoms with Crippen LogP contribution >= 0.6 is 11.6 Å². The first-order valence-corrected chi connectivity index (χ1v) is 3.84. The zero-order chi connectivity index (χ0) is 9.30. The van der Waals surface area contributed by atoms with Crippen molar-refractivity contribution in [3.8, 4) is 0 Å². The molecule has 0 aromatic heterocycles. The number of guanidine groups is 1. The Labute approximate surface area is 76.2 Å². The van der Waals surface area contributed by atoms with Gasteiger partial charge in [-0.2, -0.15) is 5.01 Å².